The first-order valence-corrected chi connectivity index (χ1v) is 5.61. The normalized spacial score (nSPS) is 31.2. The van der Waals surface area contributed by atoms with Gasteiger partial charge >= 0.3 is 0 Å². The Kier molecular flexibility index (Phi) is 4.20. The van der Waals surface area contributed by atoms with Crippen molar-refractivity contribution in [2.24, 2.45) is 23.6 Å². The van der Waals surface area contributed by atoms with Gasteiger partial charge in [-0.05, 0) is 30.6 Å². The monoisotopic (exact) mass is 184 g/mol. The molecule has 0 heterocycles. The van der Waals surface area contributed by atoms with Crippen molar-refractivity contribution in [3.05, 3.63) is 0 Å². The van der Waals surface area contributed by atoms with Crippen LogP contribution in [0.2, 0.25) is 0 Å². The molecule has 1 aliphatic rings. The highest BCUT2D eigenvalue weighted by atomic mass is 15.2. The van der Waals surface area contributed by atoms with Crippen molar-refractivity contribution in [2.75, 3.05) is 0 Å². The molecule has 78 valence electrons. The van der Waals surface area contributed by atoms with Crippen molar-refractivity contribution in [2.45, 2.75) is 52.5 Å². The summed E-state index contributed by atoms with van der Waals surface area (Å²) in [7, 11) is 0. The Morgan fingerprint density at radius 3 is 2.46 bits per heavy atom. The number of hydrogen-bond donors (Lipinski definition) is 2. The van der Waals surface area contributed by atoms with Crippen LogP contribution in [-0.4, -0.2) is 6.04 Å². The van der Waals surface area contributed by atoms with Gasteiger partial charge in [-0.2, -0.15) is 0 Å². The summed E-state index contributed by atoms with van der Waals surface area (Å²) >= 11 is 0. The van der Waals surface area contributed by atoms with Crippen molar-refractivity contribution in [3.8, 4) is 0 Å². The Morgan fingerprint density at radius 1 is 1.38 bits per heavy atom. The minimum atomic E-state index is 0.539. The summed E-state index contributed by atoms with van der Waals surface area (Å²) in [5.74, 6) is 8.03. The summed E-state index contributed by atoms with van der Waals surface area (Å²) in [5.41, 5.74) is 3.01. The lowest BCUT2D eigenvalue weighted by molar-refractivity contribution is 0.264. The van der Waals surface area contributed by atoms with E-state index in [4.69, 9.17) is 5.84 Å². The minimum absolute atomic E-state index is 0.539. The van der Waals surface area contributed by atoms with E-state index in [-0.39, 0.29) is 0 Å². The molecule has 3 N–H and O–H groups in total. The topological polar surface area (TPSA) is 38.0 Å². The largest absolute Gasteiger partial charge is 0.271 e. The van der Waals surface area contributed by atoms with E-state index in [0.717, 1.165) is 17.8 Å². The van der Waals surface area contributed by atoms with Crippen LogP contribution in [0.1, 0.15) is 46.5 Å². The van der Waals surface area contributed by atoms with Crippen LogP contribution in [0.15, 0.2) is 0 Å². The molecule has 3 unspecified atom stereocenters. The van der Waals surface area contributed by atoms with Gasteiger partial charge in [-0.1, -0.05) is 33.6 Å². The lowest BCUT2D eigenvalue weighted by atomic mass is 9.86. The zero-order chi connectivity index (χ0) is 9.84. The molecule has 1 aliphatic carbocycles. The molecule has 1 fully saturated rings. The van der Waals surface area contributed by atoms with E-state index in [9.17, 15) is 0 Å². The number of hydrazine groups is 1. The Balaban J connectivity index is 2.45. The van der Waals surface area contributed by atoms with Crippen LogP contribution in [-0.2, 0) is 0 Å². The summed E-state index contributed by atoms with van der Waals surface area (Å²) in [6, 6.07) is 0.539. The molecule has 0 saturated heterocycles. The van der Waals surface area contributed by atoms with Gasteiger partial charge in [0.15, 0.2) is 0 Å². The molecule has 0 aromatic carbocycles. The molecular formula is C11H24N2. The first-order valence-electron chi connectivity index (χ1n) is 5.61. The molecule has 0 amide bonds. The summed E-state index contributed by atoms with van der Waals surface area (Å²) in [6.07, 6.45) is 5.36. The highest BCUT2D eigenvalue weighted by molar-refractivity contribution is 4.84. The van der Waals surface area contributed by atoms with E-state index in [2.05, 4.69) is 26.2 Å². The molecule has 0 aromatic rings. The molecule has 3 atom stereocenters. The molecule has 2 nitrogen and oxygen atoms in total. The zero-order valence-corrected chi connectivity index (χ0v) is 9.22. The van der Waals surface area contributed by atoms with Crippen LogP contribution in [0.3, 0.4) is 0 Å². The Labute approximate surface area is 82.2 Å². The number of hydrogen-bond acceptors (Lipinski definition) is 2. The average Bonchev–Trinajstić information content (AvgIpc) is 2.47. The fraction of sp³-hybridized carbons (Fsp3) is 1.00. The Morgan fingerprint density at radius 2 is 2.08 bits per heavy atom. The highest BCUT2D eigenvalue weighted by Gasteiger charge is 2.30. The van der Waals surface area contributed by atoms with E-state index >= 15 is 0 Å². The SMILES string of the molecule is CC(C)CC(NN)C1CCCC1C. The van der Waals surface area contributed by atoms with Crippen LogP contribution in [0, 0.1) is 17.8 Å². The Hall–Kier alpha value is -0.0800. The lowest BCUT2D eigenvalue weighted by Crippen LogP contribution is -2.42. The van der Waals surface area contributed by atoms with E-state index in [1.807, 2.05) is 0 Å². The molecule has 1 rings (SSSR count). The van der Waals surface area contributed by atoms with Crippen molar-refractivity contribution < 1.29 is 0 Å². The maximum absolute atomic E-state index is 5.61. The van der Waals surface area contributed by atoms with E-state index in [1.165, 1.54) is 25.7 Å². The molecule has 0 spiro atoms. The van der Waals surface area contributed by atoms with Gasteiger partial charge in [0.1, 0.15) is 0 Å². The highest BCUT2D eigenvalue weighted by Crippen LogP contribution is 2.35. The maximum Gasteiger partial charge on any atom is 0.0243 e. The fourth-order valence-electron chi connectivity index (χ4n) is 2.65. The Bertz CT molecular complexity index is 145. The van der Waals surface area contributed by atoms with Gasteiger partial charge in [0.05, 0.1) is 0 Å². The molecular weight excluding hydrogens is 160 g/mol. The van der Waals surface area contributed by atoms with Crippen LogP contribution >= 0.6 is 0 Å². The predicted octanol–water partition coefficient (Wildman–Crippen LogP) is 2.30. The third-order valence-corrected chi connectivity index (χ3v) is 3.38. The second-order valence-electron chi connectivity index (χ2n) is 4.97. The van der Waals surface area contributed by atoms with Gasteiger partial charge in [-0.15, -0.1) is 0 Å². The fourth-order valence-corrected chi connectivity index (χ4v) is 2.65. The molecule has 1 saturated carbocycles. The molecule has 0 aliphatic heterocycles. The quantitative estimate of drug-likeness (QED) is 0.520. The van der Waals surface area contributed by atoms with Gasteiger partial charge in [0.2, 0.25) is 0 Å². The molecule has 0 radical (unpaired) electrons. The third-order valence-electron chi connectivity index (χ3n) is 3.38. The zero-order valence-electron chi connectivity index (χ0n) is 9.22. The summed E-state index contributed by atoms with van der Waals surface area (Å²) in [5, 5.41) is 0. The molecule has 2 heteroatoms. The molecule has 0 bridgehead atoms. The van der Waals surface area contributed by atoms with Crippen LogP contribution in [0.4, 0.5) is 0 Å². The first-order chi connectivity index (χ1) is 6.15. The second-order valence-corrected chi connectivity index (χ2v) is 4.97. The number of nitrogens with two attached hydrogens (primary N) is 1. The van der Waals surface area contributed by atoms with E-state index in [1.54, 1.807) is 0 Å². The predicted molar refractivity (Wildman–Crippen MR) is 57.1 cm³/mol. The molecule has 0 aromatic heterocycles. The van der Waals surface area contributed by atoms with Crippen molar-refractivity contribution in [1.82, 2.24) is 5.43 Å². The van der Waals surface area contributed by atoms with Gasteiger partial charge < -0.3 is 0 Å². The smallest absolute Gasteiger partial charge is 0.0243 e. The van der Waals surface area contributed by atoms with Crippen LogP contribution < -0.4 is 11.3 Å². The van der Waals surface area contributed by atoms with Gasteiger partial charge in [0.25, 0.3) is 0 Å². The van der Waals surface area contributed by atoms with E-state index < -0.39 is 0 Å². The minimum Gasteiger partial charge on any atom is -0.271 e. The first kappa shape index (κ1) is 11.0. The van der Waals surface area contributed by atoms with Crippen molar-refractivity contribution >= 4 is 0 Å². The van der Waals surface area contributed by atoms with Gasteiger partial charge in [-0.25, -0.2) is 0 Å². The summed E-state index contributed by atoms with van der Waals surface area (Å²) in [6.45, 7) is 6.90. The standard InChI is InChI=1S/C11H24N2/c1-8(2)7-11(13-12)10-6-4-5-9(10)3/h8-11,13H,4-7,12H2,1-3H3. The third kappa shape index (κ3) is 2.96. The second kappa shape index (κ2) is 4.97. The van der Waals surface area contributed by atoms with Crippen LogP contribution in [0.5, 0.6) is 0 Å². The maximum atomic E-state index is 5.61. The van der Waals surface area contributed by atoms with E-state index in [0.29, 0.717) is 6.04 Å². The summed E-state index contributed by atoms with van der Waals surface area (Å²) in [4.78, 5) is 0. The number of rotatable bonds is 4. The molecule has 13 heavy (non-hydrogen) atoms. The van der Waals surface area contributed by atoms with Gasteiger partial charge in [-0.3, -0.25) is 11.3 Å². The van der Waals surface area contributed by atoms with Crippen molar-refractivity contribution in [3.63, 3.8) is 0 Å². The summed E-state index contributed by atoms with van der Waals surface area (Å²) < 4.78 is 0. The van der Waals surface area contributed by atoms with Crippen LogP contribution in [0.25, 0.3) is 0 Å². The van der Waals surface area contributed by atoms with Crippen molar-refractivity contribution in [1.29, 1.82) is 0 Å². The lowest BCUT2D eigenvalue weighted by Gasteiger charge is -2.27. The number of nitrogens with one attached hydrogen (secondary N) is 1. The average molecular weight is 184 g/mol. The van der Waals surface area contributed by atoms with Gasteiger partial charge in [0, 0.05) is 6.04 Å².